The molecule has 3 aromatic rings. The molecule has 0 saturated carbocycles. The van der Waals surface area contributed by atoms with Crippen molar-refractivity contribution >= 4 is 28.9 Å². The Morgan fingerprint density at radius 2 is 1.85 bits per heavy atom. The molecule has 0 spiro atoms. The van der Waals surface area contributed by atoms with Crippen molar-refractivity contribution < 1.29 is 0 Å². The van der Waals surface area contributed by atoms with Crippen LogP contribution in [0.4, 0.5) is 0 Å². The van der Waals surface area contributed by atoms with E-state index < -0.39 is 0 Å². The molecule has 1 aliphatic rings. The Morgan fingerprint density at radius 1 is 1.04 bits per heavy atom. The maximum atomic E-state index is 6.45. The van der Waals surface area contributed by atoms with Crippen molar-refractivity contribution in [1.82, 2.24) is 19.7 Å². The second-order valence-corrected chi connectivity index (χ2v) is 7.26. The van der Waals surface area contributed by atoms with Crippen LogP contribution in [0.25, 0.3) is 5.69 Å². The van der Waals surface area contributed by atoms with Crippen molar-refractivity contribution in [2.24, 2.45) is 4.99 Å². The zero-order valence-corrected chi connectivity index (χ0v) is 16.0. The van der Waals surface area contributed by atoms with Gasteiger partial charge < -0.3 is 4.90 Å². The average Bonchev–Trinajstić information content (AvgIpc) is 2.91. The number of nitrogens with zero attached hydrogens (tertiary/aromatic N) is 5. The van der Waals surface area contributed by atoms with E-state index in [4.69, 9.17) is 28.2 Å². The van der Waals surface area contributed by atoms with E-state index in [1.54, 1.807) is 0 Å². The first kappa shape index (κ1) is 17.2. The molecule has 0 atom stereocenters. The van der Waals surface area contributed by atoms with Gasteiger partial charge in [-0.3, -0.25) is 9.56 Å². The summed E-state index contributed by atoms with van der Waals surface area (Å²) in [6.07, 6.45) is 0. The second-order valence-electron chi connectivity index (χ2n) is 6.41. The minimum Gasteiger partial charge on any atom is -0.302 e. The van der Waals surface area contributed by atoms with Crippen LogP contribution in [-0.2, 0) is 13.1 Å². The van der Waals surface area contributed by atoms with E-state index in [-0.39, 0.29) is 0 Å². The number of rotatable bonds is 3. The summed E-state index contributed by atoms with van der Waals surface area (Å²) in [7, 11) is 4.01. The zero-order chi connectivity index (χ0) is 18.3. The fourth-order valence-electron chi connectivity index (χ4n) is 3.13. The summed E-state index contributed by atoms with van der Waals surface area (Å²) in [5.41, 5.74) is 3.58. The van der Waals surface area contributed by atoms with Gasteiger partial charge in [0.25, 0.3) is 0 Å². The molecule has 4 rings (SSSR count). The van der Waals surface area contributed by atoms with E-state index in [9.17, 15) is 0 Å². The largest absolute Gasteiger partial charge is 0.302 e. The SMILES string of the molecule is CN(C)Cc1nnc2n1-c1ccc(Cl)cc1C(c1ccccc1Cl)=NC2. The van der Waals surface area contributed by atoms with Crippen molar-refractivity contribution in [3.05, 3.63) is 75.3 Å². The van der Waals surface area contributed by atoms with Gasteiger partial charge in [-0.05, 0) is 38.4 Å². The first-order valence-electron chi connectivity index (χ1n) is 8.22. The monoisotopic (exact) mass is 385 g/mol. The molecule has 2 aromatic carbocycles. The first-order valence-corrected chi connectivity index (χ1v) is 8.97. The Kier molecular flexibility index (Phi) is 4.53. The lowest BCUT2D eigenvalue weighted by atomic mass is 10.0. The lowest BCUT2D eigenvalue weighted by Gasteiger charge is -2.16. The van der Waals surface area contributed by atoms with Gasteiger partial charge in [0.2, 0.25) is 0 Å². The summed E-state index contributed by atoms with van der Waals surface area (Å²) in [5.74, 6) is 1.66. The van der Waals surface area contributed by atoms with Crippen LogP contribution in [-0.4, -0.2) is 39.5 Å². The predicted octanol–water partition coefficient (Wildman–Crippen LogP) is 3.99. The minimum absolute atomic E-state index is 0.424. The van der Waals surface area contributed by atoms with Crippen LogP contribution in [0, 0.1) is 0 Å². The third-order valence-electron chi connectivity index (χ3n) is 4.22. The molecule has 1 aromatic heterocycles. The van der Waals surface area contributed by atoms with E-state index in [0.29, 0.717) is 23.1 Å². The number of fused-ring (bicyclic) bond motifs is 3. The van der Waals surface area contributed by atoms with Gasteiger partial charge in [-0.1, -0.05) is 41.4 Å². The fourth-order valence-corrected chi connectivity index (χ4v) is 3.53. The molecule has 0 aliphatic carbocycles. The van der Waals surface area contributed by atoms with Crippen LogP contribution >= 0.6 is 23.2 Å². The summed E-state index contributed by atoms with van der Waals surface area (Å²) < 4.78 is 2.07. The molecule has 0 fully saturated rings. The van der Waals surface area contributed by atoms with Crippen molar-refractivity contribution in [3.8, 4) is 5.69 Å². The normalized spacial score (nSPS) is 13.2. The Morgan fingerprint density at radius 3 is 2.62 bits per heavy atom. The van der Waals surface area contributed by atoms with Gasteiger partial charge >= 0.3 is 0 Å². The quantitative estimate of drug-likeness (QED) is 0.684. The van der Waals surface area contributed by atoms with Crippen LogP contribution in [0.2, 0.25) is 10.0 Å². The summed E-state index contributed by atoms with van der Waals surface area (Å²) in [6, 6.07) is 13.5. The molecule has 2 heterocycles. The van der Waals surface area contributed by atoms with Crippen molar-refractivity contribution in [1.29, 1.82) is 0 Å². The highest BCUT2D eigenvalue weighted by Crippen LogP contribution is 2.30. The summed E-state index contributed by atoms with van der Waals surface area (Å²) in [6.45, 7) is 1.10. The van der Waals surface area contributed by atoms with Gasteiger partial charge in [-0.15, -0.1) is 10.2 Å². The Hall–Kier alpha value is -2.21. The lowest BCUT2D eigenvalue weighted by molar-refractivity contribution is 0.387. The maximum absolute atomic E-state index is 6.45. The maximum Gasteiger partial charge on any atom is 0.159 e. The van der Waals surface area contributed by atoms with Crippen molar-refractivity contribution in [2.75, 3.05) is 14.1 Å². The molecule has 1 aliphatic heterocycles. The summed E-state index contributed by atoms with van der Waals surface area (Å²) in [4.78, 5) is 6.87. The Bertz CT molecular complexity index is 1010. The Balaban J connectivity index is 1.95. The van der Waals surface area contributed by atoms with Crippen LogP contribution < -0.4 is 0 Å². The summed E-state index contributed by atoms with van der Waals surface area (Å²) >= 11 is 12.8. The van der Waals surface area contributed by atoms with Crippen LogP contribution in [0.1, 0.15) is 22.8 Å². The molecule has 26 heavy (non-hydrogen) atoms. The summed E-state index contributed by atoms with van der Waals surface area (Å²) in [5, 5.41) is 10.0. The topological polar surface area (TPSA) is 46.3 Å². The number of halogens is 2. The van der Waals surface area contributed by atoms with E-state index in [2.05, 4.69) is 19.7 Å². The third kappa shape index (κ3) is 3.03. The van der Waals surface area contributed by atoms with Crippen LogP contribution in [0.3, 0.4) is 0 Å². The Labute approximate surface area is 161 Å². The van der Waals surface area contributed by atoms with Gasteiger partial charge in [0, 0.05) is 21.2 Å². The van der Waals surface area contributed by atoms with Gasteiger partial charge in [0.1, 0.15) is 6.54 Å². The number of hydrogen-bond donors (Lipinski definition) is 0. The molecule has 0 N–H and O–H groups in total. The average molecular weight is 386 g/mol. The molecule has 0 radical (unpaired) electrons. The molecule has 0 bridgehead atoms. The molecule has 0 saturated heterocycles. The molecule has 0 amide bonds. The molecule has 0 unspecified atom stereocenters. The third-order valence-corrected chi connectivity index (χ3v) is 4.78. The van der Waals surface area contributed by atoms with E-state index >= 15 is 0 Å². The zero-order valence-electron chi connectivity index (χ0n) is 14.4. The number of hydrogen-bond acceptors (Lipinski definition) is 4. The number of benzene rings is 2. The molecular formula is C19H17Cl2N5. The lowest BCUT2D eigenvalue weighted by Crippen LogP contribution is -2.16. The van der Waals surface area contributed by atoms with Crippen LogP contribution in [0.15, 0.2) is 47.5 Å². The minimum atomic E-state index is 0.424. The van der Waals surface area contributed by atoms with Crippen LogP contribution in [0.5, 0.6) is 0 Å². The number of aromatic nitrogens is 3. The van der Waals surface area contributed by atoms with Gasteiger partial charge in [-0.25, -0.2) is 0 Å². The molecule has 7 heteroatoms. The highest BCUT2D eigenvalue weighted by atomic mass is 35.5. The first-order chi connectivity index (χ1) is 12.5. The smallest absolute Gasteiger partial charge is 0.159 e. The van der Waals surface area contributed by atoms with Crippen molar-refractivity contribution in [3.63, 3.8) is 0 Å². The second kappa shape index (κ2) is 6.83. The van der Waals surface area contributed by atoms with E-state index in [1.807, 2.05) is 56.6 Å². The van der Waals surface area contributed by atoms with Gasteiger partial charge in [0.05, 0.1) is 17.9 Å². The molecule has 5 nitrogen and oxygen atoms in total. The van der Waals surface area contributed by atoms with Gasteiger partial charge in [-0.2, -0.15) is 0 Å². The highest BCUT2D eigenvalue weighted by molar-refractivity contribution is 6.36. The highest BCUT2D eigenvalue weighted by Gasteiger charge is 2.24. The fraction of sp³-hybridized carbons (Fsp3) is 0.211. The van der Waals surface area contributed by atoms with Crippen molar-refractivity contribution in [2.45, 2.75) is 13.1 Å². The standard InChI is InChI=1S/C19H17Cl2N5/c1-25(2)11-18-24-23-17-10-22-19(13-5-3-4-6-15(13)21)14-9-12(20)7-8-16(14)26(17)18/h3-9H,10-11H2,1-2H3. The van der Waals surface area contributed by atoms with Gasteiger partial charge in [0.15, 0.2) is 11.6 Å². The number of aliphatic imine (C=N–C) groups is 1. The molecular weight excluding hydrogens is 369 g/mol. The van der Waals surface area contributed by atoms with E-state index in [1.165, 1.54) is 0 Å². The predicted molar refractivity (Wildman–Crippen MR) is 105 cm³/mol. The van der Waals surface area contributed by atoms with E-state index in [0.717, 1.165) is 34.2 Å². The molecule has 132 valence electrons.